The number of rotatable bonds is 6. The predicted octanol–water partition coefficient (Wildman–Crippen LogP) is 3.06. The number of hydrogen-bond donors (Lipinski definition) is 2. The van der Waals surface area contributed by atoms with E-state index >= 15 is 0 Å². The molecule has 0 bridgehead atoms. The molecule has 2 N–H and O–H groups in total. The largest absolute Gasteiger partial charge is 0.484 e. The van der Waals surface area contributed by atoms with Crippen LogP contribution in [-0.2, 0) is 22.4 Å². The van der Waals surface area contributed by atoms with Gasteiger partial charge in [-0.2, -0.15) is 0 Å². The molecule has 2 aromatic rings. The third-order valence-corrected chi connectivity index (χ3v) is 6.35. The number of hydrogen-bond acceptors (Lipinski definition) is 5. The molecule has 1 aromatic carbocycles. The van der Waals surface area contributed by atoms with Gasteiger partial charge in [0.05, 0.1) is 5.92 Å². The first kappa shape index (κ1) is 20.4. The fourth-order valence-electron chi connectivity index (χ4n) is 4.59. The Morgan fingerprint density at radius 1 is 1.10 bits per heavy atom. The van der Waals surface area contributed by atoms with Crippen molar-refractivity contribution in [3.63, 3.8) is 0 Å². The zero-order chi connectivity index (χ0) is 21.1. The Morgan fingerprint density at radius 2 is 1.83 bits per heavy atom. The highest BCUT2D eigenvalue weighted by atomic mass is 16.5. The Morgan fingerprint density at radius 3 is 2.57 bits per heavy atom. The molecule has 0 unspecified atom stereocenters. The summed E-state index contributed by atoms with van der Waals surface area (Å²) in [6.45, 7) is 0.415. The van der Waals surface area contributed by atoms with Gasteiger partial charge in [-0.1, -0.05) is 0 Å². The molecule has 0 atom stereocenters. The molecule has 0 aliphatic heterocycles. The van der Waals surface area contributed by atoms with Gasteiger partial charge in [-0.25, -0.2) is 4.79 Å². The van der Waals surface area contributed by atoms with E-state index in [1.165, 1.54) is 0 Å². The Bertz CT molecular complexity index is 1000. The van der Waals surface area contributed by atoms with Crippen LogP contribution in [0, 0.1) is 11.8 Å². The van der Waals surface area contributed by atoms with Gasteiger partial charge in [0.15, 0.2) is 6.61 Å². The van der Waals surface area contributed by atoms with Crippen LogP contribution in [0.25, 0.3) is 11.0 Å². The van der Waals surface area contributed by atoms with Gasteiger partial charge >= 0.3 is 11.6 Å². The third kappa shape index (κ3) is 4.50. The van der Waals surface area contributed by atoms with Gasteiger partial charge in [-0.05, 0) is 75.0 Å². The van der Waals surface area contributed by atoms with Crippen molar-refractivity contribution in [2.75, 3.05) is 13.2 Å². The summed E-state index contributed by atoms with van der Waals surface area (Å²) in [6.07, 6.45) is 6.69. The van der Waals surface area contributed by atoms with Crippen LogP contribution in [0.15, 0.2) is 27.4 Å². The van der Waals surface area contributed by atoms with Crippen LogP contribution in [0.1, 0.15) is 49.7 Å². The molecular weight excluding hydrogens is 386 g/mol. The smallest absolute Gasteiger partial charge is 0.339 e. The van der Waals surface area contributed by atoms with E-state index in [0.29, 0.717) is 36.6 Å². The second-order valence-electron chi connectivity index (χ2n) is 8.36. The van der Waals surface area contributed by atoms with E-state index in [9.17, 15) is 14.4 Å². The number of carbonyl (C=O) groups excluding carboxylic acids is 1. The molecule has 2 aliphatic carbocycles. The minimum atomic E-state index is -0.724. The van der Waals surface area contributed by atoms with Crippen molar-refractivity contribution in [1.29, 1.82) is 0 Å². The number of carboxylic acid groups (broad SMARTS) is 1. The van der Waals surface area contributed by atoms with Crippen LogP contribution in [0.3, 0.4) is 0 Å². The molecule has 0 radical (unpaired) electrons. The number of ether oxygens (including phenoxy) is 1. The highest BCUT2D eigenvalue weighted by molar-refractivity contribution is 5.83. The van der Waals surface area contributed by atoms with Crippen molar-refractivity contribution in [3.8, 4) is 5.75 Å². The van der Waals surface area contributed by atoms with Gasteiger partial charge in [0.1, 0.15) is 11.3 Å². The molecule has 1 fully saturated rings. The zero-order valence-corrected chi connectivity index (χ0v) is 16.9. The number of carbonyl (C=O) groups is 2. The molecule has 0 spiro atoms. The van der Waals surface area contributed by atoms with Gasteiger partial charge in [-0.3, -0.25) is 9.59 Å². The summed E-state index contributed by atoms with van der Waals surface area (Å²) in [5, 5.41) is 12.9. The van der Waals surface area contributed by atoms with E-state index in [0.717, 1.165) is 55.0 Å². The average Bonchev–Trinajstić information content (AvgIpc) is 2.76. The van der Waals surface area contributed by atoms with Gasteiger partial charge in [-0.15, -0.1) is 0 Å². The Hall–Kier alpha value is -2.83. The Kier molecular flexibility index (Phi) is 6.06. The lowest BCUT2D eigenvalue weighted by molar-refractivity contribution is -0.143. The zero-order valence-electron chi connectivity index (χ0n) is 16.9. The minimum Gasteiger partial charge on any atom is -0.484 e. The topological polar surface area (TPSA) is 106 Å². The number of carboxylic acids is 1. The SMILES string of the molecule is O=C(COc1ccc2c3c(c(=O)oc2c1)CCCC3)NCC1CCC(C(=O)O)CC1. The van der Waals surface area contributed by atoms with Crippen molar-refractivity contribution < 1.29 is 23.8 Å². The summed E-state index contributed by atoms with van der Waals surface area (Å²) < 4.78 is 11.1. The van der Waals surface area contributed by atoms with Crippen molar-refractivity contribution in [2.45, 2.75) is 51.4 Å². The molecule has 7 heteroatoms. The highest BCUT2D eigenvalue weighted by Crippen LogP contribution is 2.30. The number of aryl methyl sites for hydroxylation is 1. The van der Waals surface area contributed by atoms with E-state index < -0.39 is 5.97 Å². The molecule has 1 heterocycles. The van der Waals surface area contributed by atoms with Crippen LogP contribution >= 0.6 is 0 Å². The molecule has 1 aromatic heterocycles. The number of aliphatic carboxylic acids is 1. The van der Waals surface area contributed by atoms with Gasteiger partial charge in [0.2, 0.25) is 0 Å². The molecule has 4 rings (SSSR count). The van der Waals surface area contributed by atoms with E-state index in [1.54, 1.807) is 12.1 Å². The molecular formula is C23H27NO6. The summed E-state index contributed by atoms with van der Waals surface area (Å²) in [5.41, 5.74) is 2.09. The van der Waals surface area contributed by atoms with Crippen molar-refractivity contribution in [3.05, 3.63) is 39.7 Å². The first-order valence-electron chi connectivity index (χ1n) is 10.7. The first-order valence-corrected chi connectivity index (χ1v) is 10.7. The second kappa shape index (κ2) is 8.90. The molecule has 2 aliphatic rings. The monoisotopic (exact) mass is 413 g/mol. The molecule has 1 saturated carbocycles. The normalized spacial score (nSPS) is 21.1. The van der Waals surface area contributed by atoms with E-state index in [1.807, 2.05) is 6.07 Å². The van der Waals surface area contributed by atoms with Crippen LogP contribution in [-0.4, -0.2) is 30.1 Å². The van der Waals surface area contributed by atoms with Gasteiger partial charge in [0, 0.05) is 23.6 Å². The lowest BCUT2D eigenvalue weighted by Gasteiger charge is -2.26. The van der Waals surface area contributed by atoms with Crippen LogP contribution in [0.5, 0.6) is 5.75 Å². The summed E-state index contributed by atoms with van der Waals surface area (Å²) in [4.78, 5) is 35.4. The van der Waals surface area contributed by atoms with Crippen molar-refractivity contribution >= 4 is 22.8 Å². The van der Waals surface area contributed by atoms with Crippen LogP contribution < -0.4 is 15.7 Å². The second-order valence-corrected chi connectivity index (χ2v) is 8.36. The fraction of sp³-hybridized carbons (Fsp3) is 0.522. The lowest BCUT2D eigenvalue weighted by atomic mass is 9.82. The number of benzene rings is 1. The molecule has 7 nitrogen and oxygen atoms in total. The maximum Gasteiger partial charge on any atom is 0.339 e. The van der Waals surface area contributed by atoms with E-state index in [-0.39, 0.29) is 24.1 Å². The van der Waals surface area contributed by atoms with E-state index in [2.05, 4.69) is 5.32 Å². The maximum atomic E-state index is 12.2. The quantitative estimate of drug-likeness (QED) is 0.705. The van der Waals surface area contributed by atoms with Gasteiger partial charge in [0.25, 0.3) is 5.91 Å². The third-order valence-electron chi connectivity index (χ3n) is 6.35. The lowest BCUT2D eigenvalue weighted by Crippen LogP contribution is -2.35. The number of amides is 1. The molecule has 1 amide bonds. The highest BCUT2D eigenvalue weighted by Gasteiger charge is 2.26. The average molecular weight is 413 g/mol. The standard InChI is InChI=1S/C23H27NO6/c25-21(24-12-14-5-7-15(8-6-14)22(26)27)13-29-16-9-10-18-17-3-1-2-4-19(17)23(28)30-20(18)11-16/h9-11,14-15H,1-8,12-13H2,(H,24,25)(H,26,27). The molecule has 0 saturated heterocycles. The van der Waals surface area contributed by atoms with Crippen LogP contribution in [0.2, 0.25) is 0 Å². The number of nitrogens with one attached hydrogen (secondary N) is 1. The van der Waals surface area contributed by atoms with Crippen molar-refractivity contribution in [1.82, 2.24) is 5.32 Å². The van der Waals surface area contributed by atoms with Crippen LogP contribution in [0.4, 0.5) is 0 Å². The fourth-order valence-corrected chi connectivity index (χ4v) is 4.59. The Balaban J connectivity index is 1.31. The summed E-state index contributed by atoms with van der Waals surface area (Å²) in [6, 6.07) is 5.38. The predicted molar refractivity (Wildman–Crippen MR) is 111 cm³/mol. The van der Waals surface area contributed by atoms with Crippen molar-refractivity contribution in [2.24, 2.45) is 11.8 Å². The number of fused-ring (bicyclic) bond motifs is 3. The molecule has 160 valence electrons. The minimum absolute atomic E-state index is 0.120. The summed E-state index contributed by atoms with van der Waals surface area (Å²) >= 11 is 0. The summed E-state index contributed by atoms with van der Waals surface area (Å²) in [5.74, 6) is -0.400. The maximum absolute atomic E-state index is 12.2. The van der Waals surface area contributed by atoms with Gasteiger partial charge < -0.3 is 19.6 Å². The molecule has 30 heavy (non-hydrogen) atoms. The summed E-state index contributed by atoms with van der Waals surface area (Å²) in [7, 11) is 0. The Labute approximate surface area is 174 Å². The first-order chi connectivity index (χ1) is 14.5. The van der Waals surface area contributed by atoms with E-state index in [4.69, 9.17) is 14.3 Å².